The normalized spacial score (nSPS) is 12.8. The Morgan fingerprint density at radius 1 is 0.889 bits per heavy atom. The zero-order chi connectivity index (χ0) is 13.0. The SMILES string of the molecule is CCCC(C)Cc1ccc(CC)c2ccccc12. The summed E-state index contributed by atoms with van der Waals surface area (Å²) in [6, 6.07) is 13.5. The van der Waals surface area contributed by atoms with Crippen LogP contribution in [0.4, 0.5) is 0 Å². The van der Waals surface area contributed by atoms with Crippen molar-refractivity contribution in [3.8, 4) is 0 Å². The van der Waals surface area contributed by atoms with Gasteiger partial charge in [-0.1, -0.05) is 70.0 Å². The standard InChI is InChI=1S/C18H24/c1-4-8-14(3)13-16-12-11-15(5-2)17-9-6-7-10-18(16)17/h6-7,9-12,14H,4-5,8,13H2,1-3H3. The lowest BCUT2D eigenvalue weighted by atomic mass is 9.91. The Bertz CT molecular complexity index is 510. The average Bonchev–Trinajstić information content (AvgIpc) is 2.39. The maximum Gasteiger partial charge on any atom is -0.0149 e. The molecule has 0 aromatic heterocycles. The van der Waals surface area contributed by atoms with Crippen molar-refractivity contribution in [2.45, 2.75) is 46.5 Å². The van der Waals surface area contributed by atoms with E-state index in [4.69, 9.17) is 0 Å². The molecule has 0 aliphatic heterocycles. The molecule has 0 heterocycles. The van der Waals surface area contributed by atoms with E-state index < -0.39 is 0 Å². The zero-order valence-electron chi connectivity index (χ0n) is 11.9. The molecule has 2 aromatic carbocycles. The second-order valence-corrected chi connectivity index (χ2v) is 5.38. The Morgan fingerprint density at radius 2 is 1.50 bits per heavy atom. The maximum absolute atomic E-state index is 2.37. The van der Waals surface area contributed by atoms with Crippen LogP contribution in [-0.2, 0) is 12.8 Å². The highest BCUT2D eigenvalue weighted by atomic mass is 14.1. The Balaban J connectivity index is 2.40. The molecule has 0 N–H and O–H groups in total. The van der Waals surface area contributed by atoms with E-state index >= 15 is 0 Å². The number of hydrogen-bond donors (Lipinski definition) is 0. The first-order valence-electron chi connectivity index (χ1n) is 7.25. The first kappa shape index (κ1) is 13.1. The second kappa shape index (κ2) is 6.04. The molecule has 0 nitrogen and oxygen atoms in total. The molecule has 0 saturated carbocycles. The Labute approximate surface area is 111 Å². The minimum absolute atomic E-state index is 0.783. The van der Waals surface area contributed by atoms with Gasteiger partial charge in [0.2, 0.25) is 0 Å². The van der Waals surface area contributed by atoms with E-state index in [2.05, 4.69) is 57.2 Å². The second-order valence-electron chi connectivity index (χ2n) is 5.38. The molecular weight excluding hydrogens is 216 g/mol. The molecule has 0 amide bonds. The van der Waals surface area contributed by atoms with Crippen molar-refractivity contribution >= 4 is 10.8 Å². The van der Waals surface area contributed by atoms with Crippen LogP contribution >= 0.6 is 0 Å². The van der Waals surface area contributed by atoms with E-state index in [0.717, 1.165) is 12.3 Å². The van der Waals surface area contributed by atoms with Crippen LogP contribution in [0.15, 0.2) is 36.4 Å². The van der Waals surface area contributed by atoms with Gasteiger partial charge < -0.3 is 0 Å². The van der Waals surface area contributed by atoms with Crippen LogP contribution in [0.1, 0.15) is 44.7 Å². The van der Waals surface area contributed by atoms with Gasteiger partial charge >= 0.3 is 0 Å². The molecule has 2 rings (SSSR count). The topological polar surface area (TPSA) is 0 Å². The first-order valence-corrected chi connectivity index (χ1v) is 7.25. The highest BCUT2D eigenvalue weighted by molar-refractivity contribution is 5.88. The summed E-state index contributed by atoms with van der Waals surface area (Å²) in [5, 5.41) is 2.90. The van der Waals surface area contributed by atoms with Crippen molar-refractivity contribution in [3.05, 3.63) is 47.5 Å². The maximum atomic E-state index is 2.37. The third-order valence-corrected chi connectivity index (χ3v) is 3.84. The van der Waals surface area contributed by atoms with Crippen molar-refractivity contribution in [2.75, 3.05) is 0 Å². The van der Waals surface area contributed by atoms with Gasteiger partial charge in [-0.25, -0.2) is 0 Å². The van der Waals surface area contributed by atoms with Crippen molar-refractivity contribution < 1.29 is 0 Å². The molecule has 18 heavy (non-hydrogen) atoms. The zero-order valence-corrected chi connectivity index (χ0v) is 11.9. The van der Waals surface area contributed by atoms with Crippen molar-refractivity contribution in [1.29, 1.82) is 0 Å². The summed E-state index contributed by atoms with van der Waals surface area (Å²) in [6.07, 6.45) is 4.93. The summed E-state index contributed by atoms with van der Waals surface area (Å²) in [7, 11) is 0. The summed E-state index contributed by atoms with van der Waals surface area (Å²) < 4.78 is 0. The predicted molar refractivity (Wildman–Crippen MR) is 81.1 cm³/mol. The van der Waals surface area contributed by atoms with Gasteiger partial charge in [-0.15, -0.1) is 0 Å². The van der Waals surface area contributed by atoms with E-state index in [0.29, 0.717) is 0 Å². The molecule has 0 radical (unpaired) electrons. The van der Waals surface area contributed by atoms with Crippen LogP contribution in [0.2, 0.25) is 0 Å². The molecule has 96 valence electrons. The fourth-order valence-electron chi connectivity index (χ4n) is 2.88. The fraction of sp³-hybridized carbons (Fsp3) is 0.444. The van der Waals surface area contributed by atoms with E-state index in [1.807, 2.05) is 0 Å². The molecule has 0 fully saturated rings. The lowest BCUT2D eigenvalue weighted by Gasteiger charge is -2.14. The van der Waals surface area contributed by atoms with Gasteiger partial charge in [-0.05, 0) is 40.7 Å². The molecule has 0 spiro atoms. The van der Waals surface area contributed by atoms with Crippen LogP contribution in [-0.4, -0.2) is 0 Å². The van der Waals surface area contributed by atoms with Gasteiger partial charge in [0.25, 0.3) is 0 Å². The molecule has 0 aliphatic carbocycles. The van der Waals surface area contributed by atoms with Crippen LogP contribution in [0.5, 0.6) is 0 Å². The minimum Gasteiger partial charge on any atom is -0.0654 e. The third kappa shape index (κ3) is 2.75. The average molecular weight is 240 g/mol. The lowest BCUT2D eigenvalue weighted by Crippen LogP contribution is -2.00. The number of rotatable bonds is 5. The van der Waals surface area contributed by atoms with Crippen molar-refractivity contribution in [2.24, 2.45) is 5.92 Å². The van der Waals surface area contributed by atoms with Gasteiger partial charge in [0.05, 0.1) is 0 Å². The van der Waals surface area contributed by atoms with Gasteiger partial charge in [0.1, 0.15) is 0 Å². The van der Waals surface area contributed by atoms with Gasteiger partial charge in [0, 0.05) is 0 Å². The first-order chi connectivity index (χ1) is 8.76. The van der Waals surface area contributed by atoms with E-state index in [1.165, 1.54) is 41.2 Å². The van der Waals surface area contributed by atoms with Gasteiger partial charge in [0.15, 0.2) is 0 Å². The van der Waals surface area contributed by atoms with Gasteiger partial charge in [-0.3, -0.25) is 0 Å². The Morgan fingerprint density at radius 3 is 2.11 bits per heavy atom. The largest absolute Gasteiger partial charge is 0.0654 e. The molecule has 0 aliphatic rings. The number of benzene rings is 2. The summed E-state index contributed by atoms with van der Waals surface area (Å²) in [6.45, 7) is 6.88. The molecule has 0 bridgehead atoms. The van der Waals surface area contributed by atoms with Crippen molar-refractivity contribution in [3.63, 3.8) is 0 Å². The molecule has 0 saturated heterocycles. The smallest absolute Gasteiger partial charge is 0.0149 e. The Kier molecular flexibility index (Phi) is 4.41. The van der Waals surface area contributed by atoms with Crippen LogP contribution in [0.3, 0.4) is 0 Å². The van der Waals surface area contributed by atoms with E-state index in [9.17, 15) is 0 Å². The quantitative estimate of drug-likeness (QED) is 0.658. The molecule has 1 atom stereocenters. The number of hydrogen-bond acceptors (Lipinski definition) is 0. The fourth-order valence-corrected chi connectivity index (χ4v) is 2.88. The van der Waals surface area contributed by atoms with Gasteiger partial charge in [-0.2, -0.15) is 0 Å². The minimum atomic E-state index is 0.783. The monoisotopic (exact) mass is 240 g/mol. The summed E-state index contributed by atoms with van der Waals surface area (Å²) in [5.41, 5.74) is 2.99. The third-order valence-electron chi connectivity index (χ3n) is 3.84. The number of fused-ring (bicyclic) bond motifs is 1. The van der Waals surface area contributed by atoms with E-state index in [1.54, 1.807) is 0 Å². The van der Waals surface area contributed by atoms with Crippen LogP contribution in [0.25, 0.3) is 10.8 Å². The number of aryl methyl sites for hydroxylation is 1. The highest BCUT2D eigenvalue weighted by Crippen LogP contribution is 2.26. The summed E-state index contributed by atoms with van der Waals surface area (Å²) in [4.78, 5) is 0. The Hall–Kier alpha value is -1.30. The van der Waals surface area contributed by atoms with Crippen molar-refractivity contribution in [1.82, 2.24) is 0 Å². The van der Waals surface area contributed by atoms with Crippen LogP contribution in [0, 0.1) is 5.92 Å². The summed E-state index contributed by atoms with van der Waals surface area (Å²) in [5.74, 6) is 0.783. The molecule has 0 heteroatoms. The molecule has 2 aromatic rings. The predicted octanol–water partition coefficient (Wildman–Crippen LogP) is 5.38. The summed E-state index contributed by atoms with van der Waals surface area (Å²) >= 11 is 0. The van der Waals surface area contributed by atoms with E-state index in [-0.39, 0.29) is 0 Å². The lowest BCUT2D eigenvalue weighted by molar-refractivity contribution is 0.524. The molecular formula is C18H24. The molecule has 1 unspecified atom stereocenters. The highest BCUT2D eigenvalue weighted by Gasteiger charge is 2.08. The van der Waals surface area contributed by atoms with Crippen LogP contribution < -0.4 is 0 Å².